The first-order chi connectivity index (χ1) is 14.8. The highest BCUT2D eigenvalue weighted by Crippen LogP contribution is 2.27. The monoisotopic (exact) mass is 461 g/mol. The molecule has 1 amide bonds. The maximum absolute atomic E-state index is 12.8. The molecule has 31 heavy (non-hydrogen) atoms. The number of hydrogen-bond acceptors (Lipinski definition) is 6. The second-order valence-corrected chi connectivity index (χ2v) is 10.4. The molecule has 1 aliphatic heterocycles. The Bertz CT molecular complexity index is 1300. The lowest BCUT2D eigenvalue weighted by molar-refractivity contribution is -0.116. The molecule has 4 rings (SSSR count). The van der Waals surface area contributed by atoms with Gasteiger partial charge >= 0.3 is 4.87 Å². The molecule has 0 saturated carbocycles. The van der Waals surface area contributed by atoms with Crippen molar-refractivity contribution in [2.45, 2.75) is 31.2 Å². The van der Waals surface area contributed by atoms with Crippen molar-refractivity contribution in [3.63, 3.8) is 0 Å². The maximum atomic E-state index is 12.8. The number of hydrogen-bond donors (Lipinski definition) is 1. The lowest BCUT2D eigenvalue weighted by Crippen LogP contribution is -2.27. The number of aryl methyl sites for hydroxylation is 1. The van der Waals surface area contributed by atoms with Gasteiger partial charge in [-0.2, -0.15) is 4.31 Å². The summed E-state index contributed by atoms with van der Waals surface area (Å²) >= 11 is 0.930. The number of sulfonamides is 1. The van der Waals surface area contributed by atoms with Crippen LogP contribution in [0.4, 0.5) is 5.69 Å². The highest BCUT2D eigenvalue weighted by atomic mass is 32.2. The molecule has 10 heteroatoms. The van der Waals surface area contributed by atoms with Crippen molar-refractivity contribution in [2.75, 3.05) is 25.5 Å². The summed E-state index contributed by atoms with van der Waals surface area (Å²) in [6.07, 6.45) is 1.71. The van der Waals surface area contributed by atoms with E-state index in [4.69, 9.17) is 4.74 Å². The fourth-order valence-electron chi connectivity index (χ4n) is 3.69. The van der Waals surface area contributed by atoms with Crippen molar-refractivity contribution in [1.82, 2.24) is 8.87 Å². The number of ether oxygens (including phenoxy) is 1. The van der Waals surface area contributed by atoms with Gasteiger partial charge in [0, 0.05) is 13.1 Å². The Morgan fingerprint density at radius 3 is 2.61 bits per heavy atom. The first-order valence-electron chi connectivity index (χ1n) is 9.87. The van der Waals surface area contributed by atoms with Gasteiger partial charge in [0.25, 0.3) is 0 Å². The Balaban J connectivity index is 1.60. The van der Waals surface area contributed by atoms with E-state index in [1.807, 2.05) is 13.0 Å². The summed E-state index contributed by atoms with van der Waals surface area (Å²) in [5.41, 5.74) is 2.02. The molecule has 8 nitrogen and oxygen atoms in total. The molecule has 1 N–H and O–H groups in total. The summed E-state index contributed by atoms with van der Waals surface area (Å²) in [5.74, 6) is 0.151. The third kappa shape index (κ3) is 4.23. The first kappa shape index (κ1) is 21.5. The summed E-state index contributed by atoms with van der Waals surface area (Å²) in [7, 11) is -2.05. The van der Waals surface area contributed by atoms with Crippen LogP contribution in [0.25, 0.3) is 10.2 Å². The van der Waals surface area contributed by atoms with Crippen molar-refractivity contribution in [3.05, 3.63) is 51.6 Å². The van der Waals surface area contributed by atoms with Crippen molar-refractivity contribution >= 4 is 43.2 Å². The third-order valence-electron chi connectivity index (χ3n) is 5.27. The van der Waals surface area contributed by atoms with Crippen molar-refractivity contribution in [1.29, 1.82) is 0 Å². The number of thiazole rings is 1. The number of benzene rings is 2. The van der Waals surface area contributed by atoms with Crippen LogP contribution in [0.15, 0.2) is 46.1 Å². The van der Waals surface area contributed by atoms with Gasteiger partial charge in [0.2, 0.25) is 15.9 Å². The minimum Gasteiger partial charge on any atom is -0.495 e. The van der Waals surface area contributed by atoms with Gasteiger partial charge < -0.3 is 10.1 Å². The van der Waals surface area contributed by atoms with Gasteiger partial charge in [-0.25, -0.2) is 8.42 Å². The van der Waals surface area contributed by atoms with Crippen LogP contribution in [-0.4, -0.2) is 43.4 Å². The van der Waals surface area contributed by atoms with E-state index in [1.165, 1.54) is 28.1 Å². The smallest absolute Gasteiger partial charge is 0.308 e. The van der Waals surface area contributed by atoms with Gasteiger partial charge in [-0.3, -0.25) is 14.2 Å². The SMILES string of the molecule is COc1ccc(C)cc1NC(=O)Cn1c(=O)sc2cc(S(=O)(=O)N3CCCC3)ccc21. The summed E-state index contributed by atoms with van der Waals surface area (Å²) in [4.78, 5) is 25.0. The van der Waals surface area contributed by atoms with Crippen LogP contribution in [0, 0.1) is 6.92 Å². The molecule has 1 aliphatic rings. The Morgan fingerprint density at radius 2 is 1.90 bits per heavy atom. The number of carbonyl (C=O) groups excluding carboxylic acids is 1. The fraction of sp³-hybridized carbons (Fsp3) is 0.333. The van der Waals surface area contributed by atoms with E-state index in [-0.39, 0.29) is 22.2 Å². The normalized spacial score (nSPS) is 14.8. The molecular formula is C21H23N3O5S2. The summed E-state index contributed by atoms with van der Waals surface area (Å²) in [6, 6.07) is 10.0. The van der Waals surface area contributed by atoms with Gasteiger partial charge in [0.15, 0.2) is 0 Å². The van der Waals surface area contributed by atoms with Crippen LogP contribution >= 0.6 is 11.3 Å². The molecule has 0 atom stereocenters. The molecule has 0 spiro atoms. The Labute approximate surface area is 184 Å². The molecule has 2 heterocycles. The molecule has 0 aliphatic carbocycles. The number of carbonyl (C=O) groups is 1. The molecule has 1 fully saturated rings. The van der Waals surface area contributed by atoms with Crippen LogP contribution < -0.4 is 14.9 Å². The molecule has 0 bridgehead atoms. The van der Waals surface area contributed by atoms with Crippen LogP contribution in [0.3, 0.4) is 0 Å². The summed E-state index contributed by atoms with van der Waals surface area (Å²) < 4.78 is 34.2. The first-order valence-corrected chi connectivity index (χ1v) is 12.1. The molecule has 2 aromatic carbocycles. The van der Waals surface area contributed by atoms with Gasteiger partial charge in [-0.05, 0) is 55.7 Å². The highest BCUT2D eigenvalue weighted by Gasteiger charge is 2.27. The topological polar surface area (TPSA) is 97.7 Å². The van der Waals surface area contributed by atoms with E-state index < -0.39 is 10.0 Å². The van der Waals surface area contributed by atoms with Gasteiger partial charge in [0.05, 0.1) is 27.9 Å². The average Bonchev–Trinajstić information content (AvgIpc) is 3.37. The zero-order valence-corrected chi connectivity index (χ0v) is 18.9. The van der Waals surface area contributed by atoms with E-state index in [9.17, 15) is 18.0 Å². The lowest BCUT2D eigenvalue weighted by Gasteiger charge is -2.15. The lowest BCUT2D eigenvalue weighted by atomic mass is 10.2. The average molecular weight is 462 g/mol. The second kappa shape index (κ2) is 8.45. The molecule has 1 saturated heterocycles. The summed E-state index contributed by atoms with van der Waals surface area (Å²) in [5, 5.41) is 2.78. The zero-order valence-electron chi connectivity index (χ0n) is 17.3. The van der Waals surface area contributed by atoms with E-state index in [1.54, 1.807) is 18.2 Å². The van der Waals surface area contributed by atoms with Crippen LogP contribution in [0.2, 0.25) is 0 Å². The zero-order chi connectivity index (χ0) is 22.2. The fourth-order valence-corrected chi connectivity index (χ4v) is 6.24. The van der Waals surface area contributed by atoms with Crippen molar-refractivity contribution < 1.29 is 17.9 Å². The third-order valence-corrected chi connectivity index (χ3v) is 8.11. The number of rotatable bonds is 6. The number of nitrogens with zero attached hydrogens (tertiary/aromatic N) is 2. The Kier molecular flexibility index (Phi) is 5.87. The number of amides is 1. The number of aromatic nitrogens is 1. The Morgan fingerprint density at radius 1 is 1.16 bits per heavy atom. The number of nitrogens with one attached hydrogen (secondary N) is 1. The predicted molar refractivity (Wildman–Crippen MR) is 120 cm³/mol. The standard InChI is InChI=1S/C21H23N3O5S2/c1-14-5-8-18(29-2)16(11-14)22-20(25)13-24-17-7-6-15(12-19(17)30-21(24)26)31(27,28)23-9-3-4-10-23/h5-8,11-12H,3-4,9-10,13H2,1-2H3,(H,22,25). The molecule has 164 valence electrons. The number of fused-ring (bicyclic) bond motifs is 1. The molecule has 0 radical (unpaired) electrons. The van der Waals surface area contributed by atoms with E-state index in [0.717, 1.165) is 29.7 Å². The Hall–Kier alpha value is -2.69. The van der Waals surface area contributed by atoms with Gasteiger partial charge in [-0.1, -0.05) is 17.4 Å². The molecular weight excluding hydrogens is 438 g/mol. The minimum atomic E-state index is -3.57. The maximum Gasteiger partial charge on any atom is 0.308 e. The number of methoxy groups -OCH3 is 1. The summed E-state index contributed by atoms with van der Waals surface area (Å²) in [6.45, 7) is 2.74. The highest BCUT2D eigenvalue weighted by molar-refractivity contribution is 7.89. The van der Waals surface area contributed by atoms with Crippen LogP contribution in [-0.2, 0) is 21.4 Å². The van der Waals surface area contributed by atoms with Crippen LogP contribution in [0.1, 0.15) is 18.4 Å². The van der Waals surface area contributed by atoms with E-state index in [0.29, 0.717) is 34.7 Å². The van der Waals surface area contributed by atoms with E-state index >= 15 is 0 Å². The van der Waals surface area contributed by atoms with Gasteiger partial charge in [0.1, 0.15) is 12.3 Å². The van der Waals surface area contributed by atoms with Gasteiger partial charge in [-0.15, -0.1) is 0 Å². The molecule has 0 unspecified atom stereocenters. The molecule has 3 aromatic rings. The van der Waals surface area contributed by atoms with Crippen molar-refractivity contribution in [2.24, 2.45) is 0 Å². The molecule has 1 aromatic heterocycles. The number of anilines is 1. The van der Waals surface area contributed by atoms with E-state index in [2.05, 4.69) is 5.32 Å². The quantitative estimate of drug-likeness (QED) is 0.609. The second-order valence-electron chi connectivity index (χ2n) is 7.45. The largest absolute Gasteiger partial charge is 0.495 e. The van der Waals surface area contributed by atoms with Crippen molar-refractivity contribution in [3.8, 4) is 5.75 Å². The predicted octanol–water partition coefficient (Wildman–Crippen LogP) is 2.80. The minimum absolute atomic E-state index is 0.171. The van der Waals surface area contributed by atoms with Crippen LogP contribution in [0.5, 0.6) is 5.75 Å².